The van der Waals surface area contributed by atoms with Crippen molar-refractivity contribution in [2.75, 3.05) is 5.32 Å². The van der Waals surface area contributed by atoms with Gasteiger partial charge >= 0.3 is 0 Å². The minimum Gasteiger partial charge on any atom is -0.466 e. The summed E-state index contributed by atoms with van der Waals surface area (Å²) in [5.41, 5.74) is 3.89. The van der Waals surface area contributed by atoms with Gasteiger partial charge in [-0.05, 0) is 45.0 Å². The third-order valence-corrected chi connectivity index (χ3v) is 3.42. The van der Waals surface area contributed by atoms with Gasteiger partial charge in [-0.15, -0.1) is 0 Å². The van der Waals surface area contributed by atoms with Crippen molar-refractivity contribution in [1.82, 2.24) is 4.98 Å². The number of nitrogens with zero attached hydrogens (tertiary/aromatic N) is 1. The molecule has 0 radical (unpaired) electrons. The second-order valence-corrected chi connectivity index (χ2v) is 5.15. The highest BCUT2D eigenvalue weighted by atomic mass is 16.3. The zero-order valence-electron chi connectivity index (χ0n) is 12.2. The molecule has 104 valence electrons. The van der Waals surface area contributed by atoms with Crippen molar-refractivity contribution in [2.45, 2.75) is 33.7 Å². The van der Waals surface area contributed by atoms with Gasteiger partial charge in [-0.1, -0.05) is 0 Å². The number of anilines is 1. The number of furan rings is 1. The third-order valence-electron chi connectivity index (χ3n) is 3.42. The molecule has 0 bridgehead atoms. The van der Waals surface area contributed by atoms with E-state index >= 15 is 0 Å². The van der Waals surface area contributed by atoms with Crippen molar-refractivity contribution in [2.24, 2.45) is 0 Å². The Kier molecular flexibility index (Phi) is 3.01. The zero-order valence-corrected chi connectivity index (χ0v) is 12.2. The molecule has 0 saturated carbocycles. The number of hydrogen-bond acceptors (Lipinski definition) is 4. The zero-order chi connectivity index (χ0) is 14.3. The summed E-state index contributed by atoms with van der Waals surface area (Å²) in [4.78, 5) is 4.35. The Morgan fingerprint density at radius 1 is 1.10 bits per heavy atom. The maximum Gasteiger partial charge on any atom is 0.192 e. The van der Waals surface area contributed by atoms with E-state index in [0.717, 1.165) is 28.3 Å². The Morgan fingerprint density at radius 2 is 1.90 bits per heavy atom. The number of aryl methyl sites for hydroxylation is 3. The molecule has 3 aromatic rings. The smallest absolute Gasteiger partial charge is 0.192 e. The van der Waals surface area contributed by atoms with Gasteiger partial charge in [-0.3, -0.25) is 0 Å². The fourth-order valence-corrected chi connectivity index (χ4v) is 2.54. The minimum absolute atomic E-state index is 0.179. The molecule has 0 saturated heterocycles. The molecule has 4 nitrogen and oxygen atoms in total. The summed E-state index contributed by atoms with van der Waals surface area (Å²) in [6.07, 6.45) is 0. The van der Waals surface area contributed by atoms with Crippen LogP contribution in [0.15, 0.2) is 33.1 Å². The lowest BCUT2D eigenvalue weighted by Crippen LogP contribution is -2.06. The van der Waals surface area contributed by atoms with Crippen molar-refractivity contribution in [3.8, 4) is 0 Å². The Labute approximate surface area is 117 Å². The largest absolute Gasteiger partial charge is 0.466 e. The number of fused-ring (bicyclic) bond motifs is 1. The highest BCUT2D eigenvalue weighted by Gasteiger charge is 2.13. The second kappa shape index (κ2) is 4.71. The Morgan fingerprint density at radius 3 is 2.60 bits per heavy atom. The Balaban J connectivity index is 1.86. The van der Waals surface area contributed by atoms with Gasteiger partial charge in [0.15, 0.2) is 11.5 Å². The van der Waals surface area contributed by atoms with Gasteiger partial charge in [0, 0.05) is 18.2 Å². The maximum absolute atomic E-state index is 5.58. The van der Waals surface area contributed by atoms with Gasteiger partial charge in [-0.25, -0.2) is 4.98 Å². The quantitative estimate of drug-likeness (QED) is 0.760. The van der Waals surface area contributed by atoms with E-state index in [1.807, 2.05) is 39.0 Å². The molecule has 20 heavy (non-hydrogen) atoms. The molecule has 4 heteroatoms. The van der Waals surface area contributed by atoms with Gasteiger partial charge in [0.05, 0.1) is 6.04 Å². The fraction of sp³-hybridized carbons (Fsp3) is 0.312. The van der Waals surface area contributed by atoms with Crippen LogP contribution in [-0.4, -0.2) is 4.98 Å². The van der Waals surface area contributed by atoms with E-state index in [9.17, 15) is 0 Å². The standard InChI is InChI=1S/C16H18N2O2/c1-9-7-14(11(3)19-9)10(2)17-13-5-6-16-15(8-13)18-12(4)20-16/h5-8,10,17H,1-4H3. The van der Waals surface area contributed by atoms with Crippen molar-refractivity contribution in [3.05, 3.63) is 47.2 Å². The van der Waals surface area contributed by atoms with Gasteiger partial charge in [0.25, 0.3) is 0 Å². The molecular weight excluding hydrogens is 252 g/mol. The number of rotatable bonds is 3. The number of nitrogens with one attached hydrogen (secondary N) is 1. The monoisotopic (exact) mass is 270 g/mol. The van der Waals surface area contributed by atoms with Crippen LogP contribution in [0.1, 0.15) is 35.9 Å². The molecule has 0 aliphatic carbocycles. The Bertz CT molecular complexity index is 755. The predicted molar refractivity (Wildman–Crippen MR) is 79.0 cm³/mol. The predicted octanol–water partition coefficient (Wildman–Crippen LogP) is 4.52. The lowest BCUT2D eigenvalue weighted by Gasteiger charge is -2.14. The van der Waals surface area contributed by atoms with Crippen LogP contribution in [-0.2, 0) is 0 Å². The van der Waals surface area contributed by atoms with Gasteiger partial charge in [0.2, 0.25) is 0 Å². The average Bonchev–Trinajstić information content (AvgIpc) is 2.90. The van der Waals surface area contributed by atoms with E-state index in [0.29, 0.717) is 5.89 Å². The SMILES string of the molecule is Cc1cc(C(C)Nc2ccc3oc(C)nc3c2)c(C)o1. The number of benzene rings is 1. The summed E-state index contributed by atoms with van der Waals surface area (Å²) in [5.74, 6) is 2.58. The highest BCUT2D eigenvalue weighted by molar-refractivity contribution is 5.77. The van der Waals surface area contributed by atoms with Gasteiger partial charge < -0.3 is 14.2 Å². The van der Waals surface area contributed by atoms with Crippen LogP contribution in [0.2, 0.25) is 0 Å². The van der Waals surface area contributed by atoms with E-state index in [2.05, 4.69) is 23.3 Å². The highest BCUT2D eigenvalue weighted by Crippen LogP contribution is 2.26. The third kappa shape index (κ3) is 2.29. The first-order chi connectivity index (χ1) is 9.52. The van der Waals surface area contributed by atoms with Crippen LogP contribution >= 0.6 is 0 Å². The number of aromatic nitrogens is 1. The van der Waals surface area contributed by atoms with Crippen LogP contribution in [0.25, 0.3) is 11.1 Å². The second-order valence-electron chi connectivity index (χ2n) is 5.15. The lowest BCUT2D eigenvalue weighted by molar-refractivity contribution is 0.500. The summed E-state index contributed by atoms with van der Waals surface area (Å²) in [6, 6.07) is 8.21. The summed E-state index contributed by atoms with van der Waals surface area (Å²) in [6.45, 7) is 7.93. The van der Waals surface area contributed by atoms with Crippen LogP contribution in [0.4, 0.5) is 5.69 Å². The maximum atomic E-state index is 5.58. The van der Waals surface area contributed by atoms with Crippen molar-refractivity contribution in [1.29, 1.82) is 0 Å². The van der Waals surface area contributed by atoms with Crippen LogP contribution in [0.3, 0.4) is 0 Å². The summed E-state index contributed by atoms with van der Waals surface area (Å²) in [5, 5.41) is 3.47. The average molecular weight is 270 g/mol. The molecule has 0 amide bonds. The first-order valence-electron chi connectivity index (χ1n) is 6.73. The van der Waals surface area contributed by atoms with Gasteiger partial charge in [0.1, 0.15) is 17.0 Å². The van der Waals surface area contributed by atoms with Gasteiger partial charge in [-0.2, -0.15) is 0 Å². The molecule has 2 heterocycles. The van der Waals surface area contributed by atoms with E-state index in [-0.39, 0.29) is 6.04 Å². The fourth-order valence-electron chi connectivity index (χ4n) is 2.54. The molecule has 1 aromatic carbocycles. The summed E-state index contributed by atoms with van der Waals surface area (Å²) >= 11 is 0. The molecule has 0 fully saturated rings. The normalized spacial score (nSPS) is 12.8. The summed E-state index contributed by atoms with van der Waals surface area (Å²) < 4.78 is 11.1. The first kappa shape index (κ1) is 12.8. The van der Waals surface area contributed by atoms with Crippen LogP contribution < -0.4 is 5.32 Å². The van der Waals surface area contributed by atoms with E-state index in [1.165, 1.54) is 5.56 Å². The number of hydrogen-bond donors (Lipinski definition) is 1. The molecule has 0 spiro atoms. The molecular formula is C16H18N2O2. The van der Waals surface area contributed by atoms with E-state index < -0.39 is 0 Å². The molecule has 1 atom stereocenters. The minimum atomic E-state index is 0.179. The number of oxazole rings is 1. The molecule has 1 unspecified atom stereocenters. The van der Waals surface area contributed by atoms with Crippen molar-refractivity contribution in [3.63, 3.8) is 0 Å². The lowest BCUT2D eigenvalue weighted by atomic mass is 10.1. The van der Waals surface area contributed by atoms with E-state index in [4.69, 9.17) is 8.83 Å². The van der Waals surface area contributed by atoms with E-state index in [1.54, 1.807) is 0 Å². The molecule has 2 aromatic heterocycles. The van der Waals surface area contributed by atoms with Crippen LogP contribution in [0.5, 0.6) is 0 Å². The van der Waals surface area contributed by atoms with Crippen LogP contribution in [0, 0.1) is 20.8 Å². The molecule has 1 N–H and O–H groups in total. The molecule has 0 aliphatic heterocycles. The van der Waals surface area contributed by atoms with Crippen molar-refractivity contribution < 1.29 is 8.83 Å². The Hall–Kier alpha value is -2.23. The topological polar surface area (TPSA) is 51.2 Å². The molecule has 3 rings (SSSR count). The summed E-state index contributed by atoms with van der Waals surface area (Å²) in [7, 11) is 0. The molecule has 0 aliphatic rings. The van der Waals surface area contributed by atoms with Crippen molar-refractivity contribution >= 4 is 16.8 Å². The first-order valence-corrected chi connectivity index (χ1v) is 6.73.